The molecule has 0 spiro atoms. The molecule has 0 fully saturated rings. The van der Waals surface area contributed by atoms with Crippen molar-refractivity contribution in [1.29, 1.82) is 0 Å². The van der Waals surface area contributed by atoms with Gasteiger partial charge in [-0.3, -0.25) is 9.52 Å². The first-order valence-corrected chi connectivity index (χ1v) is 13.4. The Bertz CT molecular complexity index is 1600. The number of hydrogen-bond acceptors (Lipinski definition) is 4. The number of halogens is 5. The molecule has 4 aromatic rings. The summed E-state index contributed by atoms with van der Waals surface area (Å²) in [6.07, 6.45) is 0. The van der Waals surface area contributed by atoms with Gasteiger partial charge >= 0.3 is 0 Å². The number of nitrogens with one attached hydrogen (secondary N) is 2. The van der Waals surface area contributed by atoms with E-state index in [1.807, 2.05) is 0 Å². The second-order valence-electron chi connectivity index (χ2n) is 7.48. The van der Waals surface area contributed by atoms with Gasteiger partial charge in [0, 0.05) is 5.02 Å². The Morgan fingerprint density at radius 2 is 1.57 bits per heavy atom. The van der Waals surface area contributed by atoms with E-state index in [1.54, 1.807) is 24.3 Å². The van der Waals surface area contributed by atoms with Gasteiger partial charge in [-0.2, -0.15) is 0 Å². The van der Waals surface area contributed by atoms with E-state index in [1.165, 1.54) is 42.5 Å². The third-order valence-corrected chi connectivity index (χ3v) is 7.66. The third kappa shape index (κ3) is 6.22. The largest absolute Gasteiger partial charge is 0.456 e. The van der Waals surface area contributed by atoms with Gasteiger partial charge < -0.3 is 10.1 Å². The van der Waals surface area contributed by atoms with Gasteiger partial charge in [-0.1, -0.05) is 35.3 Å². The molecule has 0 radical (unpaired) electrons. The molecule has 4 rings (SSSR count). The molecule has 4 aromatic carbocycles. The Morgan fingerprint density at radius 1 is 0.892 bits per heavy atom. The van der Waals surface area contributed by atoms with E-state index >= 15 is 0 Å². The molecule has 0 aliphatic rings. The summed E-state index contributed by atoms with van der Waals surface area (Å²) >= 11 is 15.0. The first kappa shape index (κ1) is 26.9. The lowest BCUT2D eigenvalue weighted by Crippen LogP contribution is -2.19. The van der Waals surface area contributed by atoms with Crippen LogP contribution in [0.3, 0.4) is 0 Å². The summed E-state index contributed by atoms with van der Waals surface area (Å²) in [6, 6.07) is 18.3. The smallest absolute Gasteiger partial charge is 0.261 e. The predicted octanol–water partition coefficient (Wildman–Crippen LogP) is 7.88. The van der Waals surface area contributed by atoms with Crippen molar-refractivity contribution in [2.45, 2.75) is 4.90 Å². The number of ether oxygens (including phenoxy) is 1. The highest BCUT2D eigenvalue weighted by molar-refractivity contribution is 9.10. The van der Waals surface area contributed by atoms with Crippen molar-refractivity contribution < 1.29 is 26.7 Å². The highest BCUT2D eigenvalue weighted by Crippen LogP contribution is 2.31. The molecule has 12 heteroatoms. The summed E-state index contributed by atoms with van der Waals surface area (Å²) < 4.78 is 61.1. The van der Waals surface area contributed by atoms with Gasteiger partial charge in [-0.05, 0) is 82.7 Å². The lowest BCUT2D eigenvalue weighted by molar-refractivity contribution is 0.102. The first-order valence-electron chi connectivity index (χ1n) is 10.3. The van der Waals surface area contributed by atoms with E-state index in [0.29, 0.717) is 16.5 Å². The maximum Gasteiger partial charge on any atom is 0.261 e. The van der Waals surface area contributed by atoms with E-state index < -0.39 is 27.6 Å². The average molecular weight is 628 g/mol. The predicted molar refractivity (Wildman–Crippen MR) is 142 cm³/mol. The van der Waals surface area contributed by atoms with Crippen LogP contribution >= 0.6 is 39.1 Å². The number of anilines is 2. The second kappa shape index (κ2) is 11.1. The van der Waals surface area contributed by atoms with Crippen molar-refractivity contribution in [1.82, 2.24) is 0 Å². The maximum atomic E-state index is 13.9. The molecule has 0 aromatic heterocycles. The van der Waals surface area contributed by atoms with E-state index in [4.69, 9.17) is 27.9 Å². The number of rotatable bonds is 7. The number of amides is 1. The minimum absolute atomic E-state index is 0.0632. The molecule has 0 unspecified atom stereocenters. The minimum atomic E-state index is -4.15. The van der Waals surface area contributed by atoms with Crippen LogP contribution in [0.4, 0.5) is 20.2 Å². The summed E-state index contributed by atoms with van der Waals surface area (Å²) in [7, 11) is -4.15. The molecule has 0 heterocycles. The molecule has 0 saturated heterocycles. The molecular formula is C25H15BrCl2F2N2O4S. The van der Waals surface area contributed by atoms with E-state index in [-0.39, 0.29) is 31.3 Å². The number of sulfonamides is 1. The van der Waals surface area contributed by atoms with Gasteiger partial charge in [-0.25, -0.2) is 17.2 Å². The molecule has 0 atom stereocenters. The van der Waals surface area contributed by atoms with Crippen LogP contribution in [0, 0.1) is 11.6 Å². The third-order valence-electron chi connectivity index (χ3n) is 4.95. The van der Waals surface area contributed by atoms with E-state index in [9.17, 15) is 22.0 Å². The second-order valence-corrected chi connectivity index (χ2v) is 10.8. The molecule has 1 amide bonds. The van der Waals surface area contributed by atoms with E-state index in [2.05, 4.69) is 26.0 Å². The van der Waals surface area contributed by atoms with Gasteiger partial charge in [0.05, 0.1) is 31.3 Å². The average Bonchev–Trinajstić information content (AvgIpc) is 2.87. The van der Waals surface area contributed by atoms with Gasteiger partial charge in [0.15, 0.2) is 11.6 Å². The standard InChI is InChI=1S/C25H15BrCl2F2N2O4S/c26-23-21(12-10-19(29)24(23)30)31-25(33)17-13-14(27)5-11-20(17)32-37(34,35)16-8-6-15(7-9-16)36-22-4-2-1-3-18(22)28/h1-13,32H,(H,31,33). The summed E-state index contributed by atoms with van der Waals surface area (Å²) in [5.74, 6) is -2.34. The van der Waals surface area contributed by atoms with Crippen LogP contribution in [0.5, 0.6) is 11.5 Å². The number of benzene rings is 4. The highest BCUT2D eigenvalue weighted by atomic mass is 79.9. The van der Waals surface area contributed by atoms with Crippen molar-refractivity contribution >= 4 is 66.4 Å². The van der Waals surface area contributed by atoms with Crippen LogP contribution in [-0.4, -0.2) is 14.3 Å². The summed E-state index contributed by atoms with van der Waals surface area (Å²) in [6.45, 7) is 0. The molecule has 190 valence electrons. The summed E-state index contributed by atoms with van der Waals surface area (Å²) in [4.78, 5) is 12.8. The fourth-order valence-electron chi connectivity index (χ4n) is 3.15. The zero-order valence-corrected chi connectivity index (χ0v) is 22.4. The number of carbonyl (C=O) groups excluding carboxylic acids is 1. The normalized spacial score (nSPS) is 11.2. The number of para-hydroxylation sites is 1. The van der Waals surface area contributed by atoms with Crippen molar-refractivity contribution in [2.24, 2.45) is 0 Å². The van der Waals surface area contributed by atoms with Crippen molar-refractivity contribution in [3.05, 3.63) is 111 Å². The van der Waals surface area contributed by atoms with Gasteiger partial charge in [0.2, 0.25) is 0 Å². The Labute approximate surface area is 229 Å². The van der Waals surface area contributed by atoms with Gasteiger partial charge in [-0.15, -0.1) is 0 Å². The fraction of sp³-hybridized carbons (Fsp3) is 0. The minimum Gasteiger partial charge on any atom is -0.456 e. The highest BCUT2D eigenvalue weighted by Gasteiger charge is 2.21. The van der Waals surface area contributed by atoms with Crippen LogP contribution in [0.25, 0.3) is 0 Å². The summed E-state index contributed by atoms with van der Waals surface area (Å²) in [5, 5.41) is 2.95. The fourth-order valence-corrected chi connectivity index (χ4v) is 5.00. The molecule has 0 saturated carbocycles. The maximum absolute atomic E-state index is 13.9. The zero-order valence-electron chi connectivity index (χ0n) is 18.4. The molecular weight excluding hydrogens is 613 g/mol. The van der Waals surface area contributed by atoms with Crippen LogP contribution in [0.1, 0.15) is 10.4 Å². The van der Waals surface area contributed by atoms with E-state index in [0.717, 1.165) is 12.1 Å². The molecule has 0 aliphatic heterocycles. The van der Waals surface area contributed by atoms with Crippen LogP contribution in [-0.2, 0) is 10.0 Å². The SMILES string of the molecule is O=C(Nc1ccc(F)c(F)c1Br)c1cc(Cl)ccc1NS(=O)(=O)c1ccc(Oc2ccccc2Cl)cc1. The van der Waals surface area contributed by atoms with Crippen LogP contribution in [0.15, 0.2) is 88.2 Å². The molecule has 2 N–H and O–H groups in total. The zero-order chi connectivity index (χ0) is 26.7. The molecule has 6 nitrogen and oxygen atoms in total. The lowest BCUT2D eigenvalue weighted by atomic mass is 10.1. The Balaban J connectivity index is 1.57. The van der Waals surface area contributed by atoms with Crippen LogP contribution < -0.4 is 14.8 Å². The molecule has 0 aliphatic carbocycles. The Kier molecular flexibility index (Phi) is 8.03. The number of carbonyl (C=O) groups is 1. The lowest BCUT2D eigenvalue weighted by Gasteiger charge is -2.14. The monoisotopic (exact) mass is 626 g/mol. The van der Waals surface area contributed by atoms with Crippen molar-refractivity contribution in [3.8, 4) is 11.5 Å². The van der Waals surface area contributed by atoms with Gasteiger partial charge in [0.1, 0.15) is 11.5 Å². The van der Waals surface area contributed by atoms with Gasteiger partial charge in [0.25, 0.3) is 15.9 Å². The Hall–Kier alpha value is -3.18. The summed E-state index contributed by atoms with van der Waals surface area (Å²) in [5.41, 5.74) is -0.296. The first-order chi connectivity index (χ1) is 17.5. The van der Waals surface area contributed by atoms with Crippen molar-refractivity contribution in [3.63, 3.8) is 0 Å². The molecule has 37 heavy (non-hydrogen) atoms. The van der Waals surface area contributed by atoms with Crippen molar-refractivity contribution in [2.75, 3.05) is 10.0 Å². The topological polar surface area (TPSA) is 84.5 Å². The number of hydrogen-bond donors (Lipinski definition) is 2. The van der Waals surface area contributed by atoms with Crippen LogP contribution in [0.2, 0.25) is 10.0 Å². The Morgan fingerprint density at radius 3 is 2.27 bits per heavy atom. The molecule has 0 bridgehead atoms. The quantitative estimate of drug-likeness (QED) is 0.204.